The first-order chi connectivity index (χ1) is 7.56. The van der Waals surface area contributed by atoms with E-state index in [1.54, 1.807) is 0 Å². The Morgan fingerprint density at radius 2 is 1.56 bits per heavy atom. The molecule has 4 nitrogen and oxygen atoms in total. The lowest BCUT2D eigenvalue weighted by atomic mass is 9.79. The minimum Gasteiger partial charge on any atom is -0.469 e. The molecular weight excluding hydrogens is 208 g/mol. The predicted octanol–water partition coefficient (Wildman–Crippen LogP) is 1.92. The standard InChI is InChI=1S/C12H20O4/c1-8(2)16-12(14)10-7-5-4-6-9(10)11(13)15-3/h8-10H,4-7H2,1-3H3. The quantitative estimate of drug-likeness (QED) is 0.692. The largest absolute Gasteiger partial charge is 0.469 e. The van der Waals surface area contributed by atoms with Gasteiger partial charge in [-0.1, -0.05) is 12.8 Å². The second kappa shape index (κ2) is 5.87. The average Bonchev–Trinajstić information content (AvgIpc) is 2.27. The molecule has 0 aliphatic heterocycles. The Morgan fingerprint density at radius 1 is 1.06 bits per heavy atom. The van der Waals surface area contributed by atoms with E-state index in [1.165, 1.54) is 7.11 Å². The van der Waals surface area contributed by atoms with E-state index in [0.29, 0.717) is 0 Å². The van der Waals surface area contributed by atoms with Crippen molar-refractivity contribution < 1.29 is 19.1 Å². The molecule has 1 rings (SSSR count). The van der Waals surface area contributed by atoms with Crippen molar-refractivity contribution in [2.45, 2.75) is 45.6 Å². The Bertz CT molecular complexity index is 260. The van der Waals surface area contributed by atoms with E-state index >= 15 is 0 Å². The zero-order chi connectivity index (χ0) is 12.1. The number of hydrogen-bond donors (Lipinski definition) is 0. The van der Waals surface area contributed by atoms with Crippen molar-refractivity contribution in [1.29, 1.82) is 0 Å². The molecule has 0 radical (unpaired) electrons. The van der Waals surface area contributed by atoms with Gasteiger partial charge in [-0.05, 0) is 26.7 Å². The summed E-state index contributed by atoms with van der Waals surface area (Å²) in [7, 11) is 1.36. The number of ether oxygens (including phenoxy) is 2. The van der Waals surface area contributed by atoms with Crippen LogP contribution in [0.3, 0.4) is 0 Å². The Morgan fingerprint density at radius 3 is 2.00 bits per heavy atom. The molecule has 1 fully saturated rings. The van der Waals surface area contributed by atoms with Crippen molar-refractivity contribution in [2.75, 3.05) is 7.11 Å². The molecule has 1 aliphatic carbocycles. The van der Waals surface area contributed by atoms with Crippen LogP contribution >= 0.6 is 0 Å². The topological polar surface area (TPSA) is 52.6 Å². The van der Waals surface area contributed by atoms with Crippen molar-refractivity contribution in [1.82, 2.24) is 0 Å². The summed E-state index contributed by atoms with van der Waals surface area (Å²) < 4.78 is 9.90. The molecule has 0 spiro atoms. The summed E-state index contributed by atoms with van der Waals surface area (Å²) in [6.45, 7) is 3.63. The number of carbonyl (C=O) groups excluding carboxylic acids is 2. The monoisotopic (exact) mass is 228 g/mol. The molecule has 0 aromatic rings. The highest BCUT2D eigenvalue weighted by molar-refractivity contribution is 5.82. The molecule has 2 atom stereocenters. The second-order valence-electron chi connectivity index (χ2n) is 4.51. The van der Waals surface area contributed by atoms with Crippen molar-refractivity contribution in [3.05, 3.63) is 0 Å². The summed E-state index contributed by atoms with van der Waals surface area (Å²) in [5, 5.41) is 0. The van der Waals surface area contributed by atoms with Crippen LogP contribution in [0.15, 0.2) is 0 Å². The molecular formula is C12H20O4. The maximum atomic E-state index is 11.8. The number of rotatable bonds is 3. The highest BCUT2D eigenvalue weighted by Gasteiger charge is 2.37. The molecule has 0 amide bonds. The third-order valence-corrected chi connectivity index (χ3v) is 2.92. The molecule has 0 aromatic carbocycles. The van der Waals surface area contributed by atoms with E-state index in [-0.39, 0.29) is 29.9 Å². The van der Waals surface area contributed by atoms with Gasteiger partial charge in [0.2, 0.25) is 0 Å². The maximum absolute atomic E-state index is 11.8. The van der Waals surface area contributed by atoms with Crippen LogP contribution in [-0.4, -0.2) is 25.2 Å². The first kappa shape index (κ1) is 13.0. The van der Waals surface area contributed by atoms with Gasteiger partial charge >= 0.3 is 11.9 Å². The first-order valence-corrected chi connectivity index (χ1v) is 5.84. The third-order valence-electron chi connectivity index (χ3n) is 2.92. The van der Waals surface area contributed by atoms with Crippen molar-refractivity contribution in [3.8, 4) is 0 Å². The molecule has 16 heavy (non-hydrogen) atoms. The smallest absolute Gasteiger partial charge is 0.310 e. The van der Waals surface area contributed by atoms with E-state index in [1.807, 2.05) is 13.8 Å². The van der Waals surface area contributed by atoms with Gasteiger partial charge in [-0.15, -0.1) is 0 Å². The predicted molar refractivity (Wildman–Crippen MR) is 58.7 cm³/mol. The number of esters is 2. The lowest BCUT2D eigenvalue weighted by molar-refractivity contribution is -0.163. The van der Waals surface area contributed by atoms with Crippen molar-refractivity contribution in [2.24, 2.45) is 11.8 Å². The minimum absolute atomic E-state index is 0.132. The Labute approximate surface area is 96.3 Å². The SMILES string of the molecule is COC(=O)C1CCCCC1C(=O)OC(C)C. The molecule has 92 valence electrons. The highest BCUT2D eigenvalue weighted by atomic mass is 16.5. The second-order valence-corrected chi connectivity index (χ2v) is 4.51. The maximum Gasteiger partial charge on any atom is 0.310 e. The van der Waals surface area contributed by atoms with Crippen LogP contribution in [0, 0.1) is 11.8 Å². The van der Waals surface area contributed by atoms with Gasteiger partial charge in [0.05, 0.1) is 25.0 Å². The first-order valence-electron chi connectivity index (χ1n) is 5.84. The summed E-state index contributed by atoms with van der Waals surface area (Å²) >= 11 is 0. The summed E-state index contributed by atoms with van der Waals surface area (Å²) in [4.78, 5) is 23.3. The van der Waals surface area contributed by atoms with Gasteiger partial charge in [0.1, 0.15) is 0 Å². The zero-order valence-electron chi connectivity index (χ0n) is 10.2. The Balaban J connectivity index is 2.66. The molecule has 1 saturated carbocycles. The van der Waals surface area contributed by atoms with Crippen LogP contribution in [0.5, 0.6) is 0 Å². The summed E-state index contributed by atoms with van der Waals surface area (Å²) in [6, 6.07) is 0. The number of carbonyl (C=O) groups is 2. The number of hydrogen-bond acceptors (Lipinski definition) is 4. The fraction of sp³-hybridized carbons (Fsp3) is 0.833. The molecule has 0 aromatic heterocycles. The van der Waals surface area contributed by atoms with Gasteiger partial charge in [-0.3, -0.25) is 9.59 Å². The third kappa shape index (κ3) is 3.22. The van der Waals surface area contributed by atoms with E-state index in [4.69, 9.17) is 9.47 Å². The van der Waals surface area contributed by atoms with Crippen LogP contribution < -0.4 is 0 Å². The van der Waals surface area contributed by atoms with Gasteiger partial charge in [-0.25, -0.2) is 0 Å². The normalized spacial score (nSPS) is 25.2. The van der Waals surface area contributed by atoms with E-state index in [2.05, 4.69) is 0 Å². The van der Waals surface area contributed by atoms with Gasteiger partial charge in [0, 0.05) is 0 Å². The Hall–Kier alpha value is -1.06. The van der Waals surface area contributed by atoms with E-state index in [9.17, 15) is 9.59 Å². The molecule has 0 N–H and O–H groups in total. The van der Waals surface area contributed by atoms with Gasteiger partial charge < -0.3 is 9.47 Å². The molecule has 1 aliphatic rings. The highest BCUT2D eigenvalue weighted by Crippen LogP contribution is 2.32. The summed E-state index contributed by atoms with van der Waals surface area (Å²) in [6.07, 6.45) is 3.28. The number of methoxy groups -OCH3 is 1. The fourth-order valence-corrected chi connectivity index (χ4v) is 2.17. The van der Waals surface area contributed by atoms with E-state index in [0.717, 1.165) is 25.7 Å². The molecule has 0 bridgehead atoms. The van der Waals surface area contributed by atoms with Gasteiger partial charge in [0.15, 0.2) is 0 Å². The van der Waals surface area contributed by atoms with Gasteiger partial charge in [0.25, 0.3) is 0 Å². The van der Waals surface area contributed by atoms with Crippen LogP contribution in [0.4, 0.5) is 0 Å². The minimum atomic E-state index is -0.316. The van der Waals surface area contributed by atoms with E-state index < -0.39 is 0 Å². The van der Waals surface area contributed by atoms with Crippen LogP contribution in [0.2, 0.25) is 0 Å². The van der Waals surface area contributed by atoms with Crippen LogP contribution in [0.25, 0.3) is 0 Å². The lowest BCUT2D eigenvalue weighted by Gasteiger charge is -2.28. The average molecular weight is 228 g/mol. The molecule has 4 heteroatoms. The van der Waals surface area contributed by atoms with Crippen LogP contribution in [-0.2, 0) is 19.1 Å². The molecule has 2 unspecified atom stereocenters. The Kier molecular flexibility index (Phi) is 4.77. The molecule has 0 heterocycles. The van der Waals surface area contributed by atoms with Crippen molar-refractivity contribution >= 4 is 11.9 Å². The summed E-state index contributed by atoms with van der Waals surface area (Å²) in [5.74, 6) is -1.18. The molecule has 0 saturated heterocycles. The lowest BCUT2D eigenvalue weighted by Crippen LogP contribution is -2.35. The van der Waals surface area contributed by atoms with Crippen molar-refractivity contribution in [3.63, 3.8) is 0 Å². The zero-order valence-corrected chi connectivity index (χ0v) is 10.2. The summed E-state index contributed by atoms with van der Waals surface area (Å²) in [5.41, 5.74) is 0. The van der Waals surface area contributed by atoms with Crippen LogP contribution in [0.1, 0.15) is 39.5 Å². The van der Waals surface area contributed by atoms with Gasteiger partial charge in [-0.2, -0.15) is 0 Å². The fourth-order valence-electron chi connectivity index (χ4n) is 2.17.